The van der Waals surface area contributed by atoms with Crippen molar-refractivity contribution in [3.8, 4) is 11.5 Å². The van der Waals surface area contributed by atoms with E-state index in [0.717, 1.165) is 57.4 Å². The van der Waals surface area contributed by atoms with E-state index in [2.05, 4.69) is 21.3 Å². The van der Waals surface area contributed by atoms with Crippen molar-refractivity contribution >= 4 is 11.8 Å². The highest BCUT2D eigenvalue weighted by Crippen LogP contribution is 2.15. The molecule has 0 aromatic heterocycles. The Kier molecular flexibility index (Phi) is 15.5. The summed E-state index contributed by atoms with van der Waals surface area (Å²) in [5.74, 6) is 0.261. The van der Waals surface area contributed by atoms with Crippen molar-refractivity contribution in [1.82, 2.24) is 21.3 Å². The van der Waals surface area contributed by atoms with Gasteiger partial charge >= 0.3 is 0 Å². The Hall–Kier alpha value is -3.10. The van der Waals surface area contributed by atoms with E-state index in [1.807, 2.05) is 12.1 Å². The Morgan fingerprint density at radius 1 is 0.595 bits per heavy atom. The van der Waals surface area contributed by atoms with Crippen LogP contribution >= 0.6 is 0 Å². The van der Waals surface area contributed by atoms with Crippen molar-refractivity contribution in [3.05, 3.63) is 59.7 Å². The monoisotopic (exact) mass is 512 g/mol. The molecule has 2 amide bonds. The first-order chi connectivity index (χ1) is 18.0. The van der Waals surface area contributed by atoms with Crippen molar-refractivity contribution in [2.75, 3.05) is 39.3 Å². The van der Waals surface area contributed by atoms with Gasteiger partial charge in [-0.2, -0.15) is 0 Å². The van der Waals surface area contributed by atoms with Crippen molar-refractivity contribution in [2.45, 2.75) is 57.8 Å². The lowest BCUT2D eigenvalue weighted by Crippen LogP contribution is -2.28. The molecule has 0 spiro atoms. The number of aromatic hydroxyl groups is 2. The molecular weight excluding hydrogens is 468 g/mol. The smallest absolute Gasteiger partial charge is 0.224 e. The summed E-state index contributed by atoms with van der Waals surface area (Å²) in [4.78, 5) is 23.9. The van der Waals surface area contributed by atoms with Gasteiger partial charge in [-0.25, -0.2) is 0 Å². The molecule has 2 aromatic rings. The first kappa shape index (κ1) is 30.1. The minimum atomic E-state index is -0.0656. The number of hydrogen-bond acceptors (Lipinski definition) is 6. The SMILES string of the molecule is O=C(Cc1cccc(O)c1)NCCCNCCCCCCCNCCCNC(=O)Cc1ccccc1O. The number of hydrogen-bond donors (Lipinski definition) is 6. The highest BCUT2D eigenvalue weighted by molar-refractivity contribution is 5.79. The number of carbonyl (C=O) groups is 2. The van der Waals surface area contributed by atoms with Crippen LogP contribution < -0.4 is 21.3 Å². The van der Waals surface area contributed by atoms with Crippen molar-refractivity contribution in [3.63, 3.8) is 0 Å². The predicted octanol–water partition coefficient (Wildman–Crippen LogP) is 3.03. The summed E-state index contributed by atoms with van der Waals surface area (Å²) < 4.78 is 0. The Bertz CT molecular complexity index is 922. The molecule has 0 aliphatic carbocycles. The van der Waals surface area contributed by atoms with E-state index < -0.39 is 0 Å². The van der Waals surface area contributed by atoms with Gasteiger partial charge in [-0.15, -0.1) is 0 Å². The third-order valence-electron chi connectivity index (χ3n) is 6.03. The van der Waals surface area contributed by atoms with Crippen LogP contribution in [-0.4, -0.2) is 61.3 Å². The van der Waals surface area contributed by atoms with Gasteiger partial charge in [0.2, 0.25) is 11.8 Å². The summed E-state index contributed by atoms with van der Waals surface area (Å²) >= 11 is 0. The fourth-order valence-corrected chi connectivity index (χ4v) is 3.97. The van der Waals surface area contributed by atoms with Crippen molar-refractivity contribution in [2.24, 2.45) is 0 Å². The van der Waals surface area contributed by atoms with Crippen LogP contribution in [0, 0.1) is 0 Å². The zero-order valence-corrected chi connectivity index (χ0v) is 21.9. The Morgan fingerprint density at radius 2 is 1.16 bits per heavy atom. The highest BCUT2D eigenvalue weighted by atomic mass is 16.3. The summed E-state index contributed by atoms with van der Waals surface area (Å²) in [5.41, 5.74) is 1.47. The fraction of sp³-hybridized carbons (Fsp3) is 0.517. The Labute approximate surface area is 221 Å². The number of para-hydroxylation sites is 1. The topological polar surface area (TPSA) is 123 Å². The molecule has 0 aliphatic rings. The minimum absolute atomic E-state index is 0.0207. The fourth-order valence-electron chi connectivity index (χ4n) is 3.97. The molecule has 8 heteroatoms. The summed E-state index contributed by atoms with van der Waals surface area (Å²) in [5, 5.41) is 31.8. The lowest BCUT2D eigenvalue weighted by molar-refractivity contribution is -0.121. The van der Waals surface area contributed by atoms with Crippen LogP contribution in [-0.2, 0) is 22.4 Å². The maximum atomic E-state index is 11.9. The average molecular weight is 513 g/mol. The van der Waals surface area contributed by atoms with Gasteiger partial charge in [0.1, 0.15) is 11.5 Å². The summed E-state index contributed by atoms with van der Waals surface area (Å²) in [6, 6.07) is 13.7. The molecule has 0 radical (unpaired) electrons. The zero-order valence-electron chi connectivity index (χ0n) is 21.9. The lowest BCUT2D eigenvalue weighted by atomic mass is 10.1. The molecule has 37 heavy (non-hydrogen) atoms. The number of unbranched alkanes of at least 4 members (excludes halogenated alkanes) is 4. The van der Waals surface area contributed by atoms with Crippen LogP contribution in [0.5, 0.6) is 11.5 Å². The summed E-state index contributed by atoms with van der Waals surface area (Å²) in [6.07, 6.45) is 8.28. The normalized spacial score (nSPS) is 10.8. The number of benzene rings is 2. The molecule has 6 N–H and O–H groups in total. The standard InChI is InChI=1S/C29H44N4O4/c34-26-13-8-11-24(21-26)22-28(36)32-19-9-17-30-15-6-2-1-3-7-16-31-18-10-20-33-29(37)23-25-12-4-5-14-27(25)35/h4-5,8,11-14,21,30-31,34-35H,1-3,6-7,9-10,15-20,22-23H2,(H,32,36)(H,33,37). The molecule has 0 fully saturated rings. The number of phenols is 2. The van der Waals surface area contributed by atoms with E-state index in [4.69, 9.17) is 0 Å². The zero-order chi connectivity index (χ0) is 26.6. The van der Waals surface area contributed by atoms with Gasteiger partial charge in [0.05, 0.1) is 12.8 Å². The van der Waals surface area contributed by atoms with Crippen LogP contribution in [0.1, 0.15) is 56.1 Å². The second-order valence-electron chi connectivity index (χ2n) is 9.33. The number of phenolic OH excluding ortho intramolecular Hbond substituents is 2. The number of amides is 2. The van der Waals surface area contributed by atoms with E-state index >= 15 is 0 Å². The number of nitrogens with one attached hydrogen (secondary N) is 4. The third-order valence-corrected chi connectivity index (χ3v) is 6.03. The minimum Gasteiger partial charge on any atom is -0.508 e. The van der Waals surface area contributed by atoms with Gasteiger partial charge in [-0.3, -0.25) is 9.59 Å². The van der Waals surface area contributed by atoms with Crippen molar-refractivity contribution < 1.29 is 19.8 Å². The molecule has 2 rings (SSSR count). The van der Waals surface area contributed by atoms with Gasteiger partial charge in [0.15, 0.2) is 0 Å². The molecule has 0 unspecified atom stereocenters. The molecule has 0 aliphatic heterocycles. The van der Waals surface area contributed by atoms with Crippen LogP contribution in [0.2, 0.25) is 0 Å². The number of carbonyl (C=O) groups excluding carboxylic acids is 2. The number of rotatable bonds is 20. The first-order valence-electron chi connectivity index (χ1n) is 13.5. The van der Waals surface area contributed by atoms with E-state index in [9.17, 15) is 19.8 Å². The Balaban J connectivity index is 1.28. The first-order valence-corrected chi connectivity index (χ1v) is 13.5. The van der Waals surface area contributed by atoms with Crippen LogP contribution in [0.3, 0.4) is 0 Å². The van der Waals surface area contributed by atoms with Gasteiger partial charge in [-0.1, -0.05) is 49.6 Å². The van der Waals surface area contributed by atoms with Gasteiger partial charge in [0.25, 0.3) is 0 Å². The molecule has 2 aromatic carbocycles. The van der Waals surface area contributed by atoms with E-state index in [1.165, 1.54) is 19.3 Å². The predicted molar refractivity (Wildman–Crippen MR) is 148 cm³/mol. The molecule has 0 bridgehead atoms. The van der Waals surface area contributed by atoms with Crippen LogP contribution in [0.4, 0.5) is 0 Å². The second kappa shape index (κ2) is 19.1. The van der Waals surface area contributed by atoms with Crippen molar-refractivity contribution in [1.29, 1.82) is 0 Å². The van der Waals surface area contributed by atoms with Crippen LogP contribution in [0.15, 0.2) is 48.5 Å². The quantitative estimate of drug-likeness (QED) is 0.152. The van der Waals surface area contributed by atoms with E-state index in [1.54, 1.807) is 36.4 Å². The van der Waals surface area contributed by atoms with E-state index in [0.29, 0.717) is 18.7 Å². The Morgan fingerprint density at radius 3 is 1.78 bits per heavy atom. The molecule has 8 nitrogen and oxygen atoms in total. The average Bonchev–Trinajstić information content (AvgIpc) is 2.87. The maximum Gasteiger partial charge on any atom is 0.224 e. The van der Waals surface area contributed by atoms with Crippen LogP contribution in [0.25, 0.3) is 0 Å². The third kappa shape index (κ3) is 14.9. The largest absolute Gasteiger partial charge is 0.508 e. The molecule has 0 saturated carbocycles. The lowest BCUT2D eigenvalue weighted by Gasteiger charge is -2.08. The molecule has 204 valence electrons. The van der Waals surface area contributed by atoms with Gasteiger partial charge in [0, 0.05) is 18.7 Å². The summed E-state index contributed by atoms with van der Waals surface area (Å²) in [7, 11) is 0. The van der Waals surface area contributed by atoms with Gasteiger partial charge < -0.3 is 31.5 Å². The van der Waals surface area contributed by atoms with Gasteiger partial charge in [-0.05, 0) is 75.6 Å². The van der Waals surface area contributed by atoms with E-state index in [-0.39, 0.29) is 36.2 Å². The molecule has 0 heterocycles. The summed E-state index contributed by atoms with van der Waals surface area (Å²) in [6.45, 7) is 5.08. The second-order valence-corrected chi connectivity index (χ2v) is 9.33. The maximum absolute atomic E-state index is 11.9. The molecule has 0 saturated heterocycles. The molecular formula is C29H44N4O4. The highest BCUT2D eigenvalue weighted by Gasteiger charge is 2.06. The molecule has 0 atom stereocenters.